The van der Waals surface area contributed by atoms with E-state index in [1.165, 1.54) is 51.4 Å². The van der Waals surface area contributed by atoms with Crippen molar-refractivity contribution in [3.05, 3.63) is 24.3 Å². The van der Waals surface area contributed by atoms with Gasteiger partial charge < -0.3 is 15.2 Å². The first-order valence-electron chi connectivity index (χ1n) is 8.84. The maximum Gasteiger partial charge on any atom is 0.123 e. The van der Waals surface area contributed by atoms with E-state index in [9.17, 15) is 0 Å². The Morgan fingerprint density at radius 3 is 2.36 bits per heavy atom. The standard InChI is InChI=1S/C19H31NO2/c1-2-10-19(11-5-3-4-6-12-19)16-22-18-9-7-8-17(15-18)21-14-13-20/h7-9,15H,2-6,10-14,16,20H2,1H3. The number of nitrogens with two attached hydrogens (primary N) is 1. The fraction of sp³-hybridized carbons (Fsp3) is 0.684. The molecule has 0 atom stereocenters. The highest BCUT2D eigenvalue weighted by Crippen LogP contribution is 2.39. The molecule has 22 heavy (non-hydrogen) atoms. The Labute approximate surface area is 135 Å². The second kappa shape index (κ2) is 9.04. The maximum atomic E-state index is 6.17. The molecule has 0 amide bonds. The third-order valence-corrected chi connectivity index (χ3v) is 4.68. The van der Waals surface area contributed by atoms with Gasteiger partial charge in [-0.25, -0.2) is 0 Å². The van der Waals surface area contributed by atoms with Crippen molar-refractivity contribution in [3.63, 3.8) is 0 Å². The molecule has 0 unspecified atom stereocenters. The van der Waals surface area contributed by atoms with Gasteiger partial charge in [0.15, 0.2) is 0 Å². The van der Waals surface area contributed by atoms with Gasteiger partial charge in [0, 0.05) is 18.0 Å². The summed E-state index contributed by atoms with van der Waals surface area (Å²) in [6, 6.07) is 7.94. The fourth-order valence-electron chi connectivity index (χ4n) is 3.54. The summed E-state index contributed by atoms with van der Waals surface area (Å²) in [4.78, 5) is 0. The van der Waals surface area contributed by atoms with Crippen molar-refractivity contribution in [2.45, 2.75) is 58.3 Å². The highest BCUT2D eigenvalue weighted by Gasteiger charge is 2.30. The molecule has 1 saturated carbocycles. The van der Waals surface area contributed by atoms with Crippen molar-refractivity contribution in [2.24, 2.45) is 11.1 Å². The molecule has 3 nitrogen and oxygen atoms in total. The predicted molar refractivity (Wildman–Crippen MR) is 91.5 cm³/mol. The Kier molecular flexibility index (Phi) is 7.04. The molecular weight excluding hydrogens is 274 g/mol. The van der Waals surface area contributed by atoms with Gasteiger partial charge in [0.05, 0.1) is 6.61 Å². The molecule has 1 aliphatic carbocycles. The fourth-order valence-corrected chi connectivity index (χ4v) is 3.54. The number of rotatable bonds is 8. The minimum absolute atomic E-state index is 0.374. The van der Waals surface area contributed by atoms with Gasteiger partial charge in [0.2, 0.25) is 0 Å². The molecule has 0 saturated heterocycles. The van der Waals surface area contributed by atoms with Crippen LogP contribution >= 0.6 is 0 Å². The van der Waals surface area contributed by atoms with Gasteiger partial charge in [0.25, 0.3) is 0 Å². The van der Waals surface area contributed by atoms with Gasteiger partial charge in [-0.3, -0.25) is 0 Å². The van der Waals surface area contributed by atoms with Crippen LogP contribution in [0.15, 0.2) is 24.3 Å². The van der Waals surface area contributed by atoms with Crippen LogP contribution in [0.2, 0.25) is 0 Å². The van der Waals surface area contributed by atoms with E-state index >= 15 is 0 Å². The monoisotopic (exact) mass is 305 g/mol. The zero-order valence-corrected chi connectivity index (χ0v) is 14.0. The third kappa shape index (κ3) is 5.20. The van der Waals surface area contributed by atoms with E-state index in [-0.39, 0.29) is 0 Å². The summed E-state index contributed by atoms with van der Waals surface area (Å²) in [6.45, 7) is 4.20. The molecule has 3 heteroatoms. The lowest BCUT2D eigenvalue weighted by molar-refractivity contribution is 0.112. The third-order valence-electron chi connectivity index (χ3n) is 4.68. The van der Waals surface area contributed by atoms with Crippen LogP contribution in [0.1, 0.15) is 58.3 Å². The summed E-state index contributed by atoms with van der Waals surface area (Å²) in [5.74, 6) is 1.75. The lowest BCUT2D eigenvalue weighted by Gasteiger charge is -2.32. The summed E-state index contributed by atoms with van der Waals surface area (Å²) < 4.78 is 11.7. The van der Waals surface area contributed by atoms with Crippen molar-refractivity contribution in [2.75, 3.05) is 19.8 Å². The molecule has 1 aliphatic rings. The van der Waals surface area contributed by atoms with Crippen molar-refractivity contribution in [1.82, 2.24) is 0 Å². The van der Waals surface area contributed by atoms with Gasteiger partial charge in [-0.2, -0.15) is 0 Å². The number of ether oxygens (including phenoxy) is 2. The molecule has 0 spiro atoms. The van der Waals surface area contributed by atoms with E-state index in [0.29, 0.717) is 18.6 Å². The number of hydrogen-bond donors (Lipinski definition) is 1. The summed E-state index contributed by atoms with van der Waals surface area (Å²) in [5, 5.41) is 0. The molecule has 0 bridgehead atoms. The van der Waals surface area contributed by atoms with Crippen molar-refractivity contribution in [1.29, 1.82) is 0 Å². The Morgan fingerprint density at radius 2 is 1.73 bits per heavy atom. The topological polar surface area (TPSA) is 44.5 Å². The van der Waals surface area contributed by atoms with Crippen LogP contribution in [0.4, 0.5) is 0 Å². The van der Waals surface area contributed by atoms with Crippen molar-refractivity contribution in [3.8, 4) is 11.5 Å². The van der Waals surface area contributed by atoms with E-state index in [4.69, 9.17) is 15.2 Å². The van der Waals surface area contributed by atoms with Gasteiger partial charge in [-0.15, -0.1) is 0 Å². The largest absolute Gasteiger partial charge is 0.493 e. The van der Waals surface area contributed by atoms with Crippen LogP contribution in [0.25, 0.3) is 0 Å². The maximum absolute atomic E-state index is 6.17. The predicted octanol–water partition coefficient (Wildman–Crippen LogP) is 4.54. The van der Waals surface area contributed by atoms with Crippen LogP contribution in [0.3, 0.4) is 0 Å². The molecular formula is C19H31NO2. The van der Waals surface area contributed by atoms with Gasteiger partial charge in [-0.1, -0.05) is 45.1 Å². The molecule has 1 aromatic rings. The molecule has 0 radical (unpaired) electrons. The van der Waals surface area contributed by atoms with E-state index in [1.54, 1.807) is 0 Å². The first-order chi connectivity index (χ1) is 10.8. The average molecular weight is 305 g/mol. The van der Waals surface area contributed by atoms with Crippen LogP contribution in [0.5, 0.6) is 11.5 Å². The normalized spacial score (nSPS) is 17.7. The Bertz CT molecular complexity index is 425. The average Bonchev–Trinajstić information content (AvgIpc) is 2.78. The number of benzene rings is 1. The SMILES string of the molecule is CCCC1(COc2cccc(OCCN)c2)CCCCCC1. The van der Waals surface area contributed by atoms with Gasteiger partial charge >= 0.3 is 0 Å². The zero-order valence-electron chi connectivity index (χ0n) is 14.0. The lowest BCUT2D eigenvalue weighted by atomic mass is 9.77. The number of hydrogen-bond acceptors (Lipinski definition) is 3. The van der Waals surface area contributed by atoms with Crippen LogP contribution in [-0.4, -0.2) is 19.8 Å². The van der Waals surface area contributed by atoms with Crippen molar-refractivity contribution < 1.29 is 9.47 Å². The Hall–Kier alpha value is -1.22. The summed E-state index contributed by atoms with van der Waals surface area (Å²) in [7, 11) is 0. The smallest absolute Gasteiger partial charge is 0.123 e. The molecule has 2 N–H and O–H groups in total. The van der Waals surface area contributed by atoms with Crippen LogP contribution in [-0.2, 0) is 0 Å². The van der Waals surface area contributed by atoms with E-state index in [1.807, 2.05) is 24.3 Å². The second-order valence-corrected chi connectivity index (χ2v) is 6.56. The Balaban J connectivity index is 1.96. The van der Waals surface area contributed by atoms with Gasteiger partial charge in [-0.05, 0) is 31.4 Å². The van der Waals surface area contributed by atoms with Gasteiger partial charge in [0.1, 0.15) is 18.1 Å². The molecule has 0 aliphatic heterocycles. The lowest BCUT2D eigenvalue weighted by Crippen LogP contribution is -2.28. The highest BCUT2D eigenvalue weighted by molar-refractivity contribution is 5.33. The highest BCUT2D eigenvalue weighted by atomic mass is 16.5. The molecule has 1 aromatic carbocycles. The zero-order chi connectivity index (χ0) is 15.7. The van der Waals surface area contributed by atoms with E-state index in [2.05, 4.69) is 6.92 Å². The minimum Gasteiger partial charge on any atom is -0.493 e. The quantitative estimate of drug-likeness (QED) is 0.717. The molecule has 1 fully saturated rings. The Morgan fingerprint density at radius 1 is 1.05 bits per heavy atom. The molecule has 0 heterocycles. The first-order valence-corrected chi connectivity index (χ1v) is 8.84. The van der Waals surface area contributed by atoms with Crippen LogP contribution in [0, 0.1) is 5.41 Å². The van der Waals surface area contributed by atoms with E-state index < -0.39 is 0 Å². The summed E-state index contributed by atoms with van der Waals surface area (Å²) >= 11 is 0. The van der Waals surface area contributed by atoms with E-state index in [0.717, 1.165) is 18.1 Å². The summed E-state index contributed by atoms with van der Waals surface area (Å²) in [5.41, 5.74) is 5.85. The summed E-state index contributed by atoms with van der Waals surface area (Å²) in [6.07, 6.45) is 10.6. The first kappa shape index (κ1) is 17.1. The molecule has 2 rings (SSSR count). The van der Waals surface area contributed by atoms with Crippen molar-refractivity contribution >= 4 is 0 Å². The molecule has 0 aromatic heterocycles. The van der Waals surface area contributed by atoms with Crippen LogP contribution < -0.4 is 15.2 Å². The molecule has 124 valence electrons. The second-order valence-electron chi connectivity index (χ2n) is 6.56. The minimum atomic E-state index is 0.374.